The van der Waals surface area contributed by atoms with E-state index in [1.54, 1.807) is 0 Å². The number of hydrogen-bond acceptors (Lipinski definition) is 2. The van der Waals surface area contributed by atoms with Gasteiger partial charge in [-0.05, 0) is 37.6 Å². The topological polar surface area (TPSA) is 40.6 Å². The summed E-state index contributed by atoms with van der Waals surface area (Å²) in [6.45, 7) is 4.13. The van der Waals surface area contributed by atoms with Crippen LogP contribution in [0.4, 0.5) is 5.69 Å². The van der Waals surface area contributed by atoms with E-state index in [0.29, 0.717) is 19.5 Å². The van der Waals surface area contributed by atoms with Crippen LogP contribution in [0, 0.1) is 12.3 Å². The van der Waals surface area contributed by atoms with Gasteiger partial charge >= 0.3 is 0 Å². The fourth-order valence-corrected chi connectivity index (χ4v) is 4.00. The fraction of sp³-hybridized carbons (Fsp3) is 0.333. The van der Waals surface area contributed by atoms with Crippen molar-refractivity contribution in [2.75, 3.05) is 24.5 Å². The summed E-state index contributed by atoms with van der Waals surface area (Å²) in [6, 6.07) is 17.5. The Kier molecular flexibility index (Phi) is 3.83. The molecule has 4 rings (SSSR count). The molecular weight excluding hydrogens is 312 g/mol. The summed E-state index contributed by atoms with van der Waals surface area (Å²) in [5.41, 5.74) is 2.76. The molecule has 0 aromatic heterocycles. The van der Waals surface area contributed by atoms with Crippen LogP contribution in [-0.2, 0) is 4.79 Å². The number of hydrogen-bond donors (Lipinski definition) is 0. The molecule has 2 aliphatic heterocycles. The highest BCUT2D eigenvalue weighted by molar-refractivity contribution is 5.97. The van der Waals surface area contributed by atoms with E-state index >= 15 is 0 Å². The van der Waals surface area contributed by atoms with Gasteiger partial charge < -0.3 is 9.80 Å². The van der Waals surface area contributed by atoms with Crippen LogP contribution >= 0.6 is 0 Å². The Morgan fingerprint density at radius 2 is 1.72 bits per heavy atom. The summed E-state index contributed by atoms with van der Waals surface area (Å²) in [7, 11) is 0. The lowest BCUT2D eigenvalue weighted by Gasteiger charge is -2.24. The number of amides is 2. The van der Waals surface area contributed by atoms with Gasteiger partial charge in [0, 0.05) is 42.7 Å². The van der Waals surface area contributed by atoms with Crippen LogP contribution < -0.4 is 4.90 Å². The van der Waals surface area contributed by atoms with Crippen molar-refractivity contribution in [2.45, 2.75) is 19.8 Å². The molecule has 0 N–H and O–H groups in total. The lowest BCUT2D eigenvalue weighted by atomic mass is 9.86. The number of carbonyl (C=O) groups is 2. The van der Waals surface area contributed by atoms with E-state index < -0.39 is 0 Å². The van der Waals surface area contributed by atoms with E-state index in [9.17, 15) is 9.59 Å². The minimum absolute atomic E-state index is 0.0682. The number of benzene rings is 2. The molecule has 2 fully saturated rings. The smallest absolute Gasteiger partial charge is 0.253 e. The molecule has 1 atom stereocenters. The second-order valence-corrected chi connectivity index (χ2v) is 7.33. The first-order chi connectivity index (χ1) is 12.1. The first-order valence-electron chi connectivity index (χ1n) is 8.78. The zero-order valence-corrected chi connectivity index (χ0v) is 14.4. The van der Waals surface area contributed by atoms with Gasteiger partial charge in [0.1, 0.15) is 0 Å². The highest BCUT2D eigenvalue weighted by Crippen LogP contribution is 2.42. The van der Waals surface area contributed by atoms with Crippen LogP contribution in [0.15, 0.2) is 54.6 Å². The second-order valence-electron chi connectivity index (χ2n) is 7.33. The third-order valence-corrected chi connectivity index (χ3v) is 5.41. The average molecular weight is 334 g/mol. The maximum absolute atomic E-state index is 12.7. The second kappa shape index (κ2) is 6.03. The van der Waals surface area contributed by atoms with Gasteiger partial charge in [-0.15, -0.1) is 0 Å². The normalized spacial score (nSPS) is 22.8. The van der Waals surface area contributed by atoms with Crippen molar-refractivity contribution < 1.29 is 9.59 Å². The van der Waals surface area contributed by atoms with E-state index in [-0.39, 0.29) is 17.2 Å². The van der Waals surface area contributed by atoms with E-state index in [4.69, 9.17) is 0 Å². The summed E-state index contributed by atoms with van der Waals surface area (Å²) >= 11 is 0. The van der Waals surface area contributed by atoms with Gasteiger partial charge in [0.25, 0.3) is 5.91 Å². The molecule has 2 aromatic carbocycles. The third-order valence-electron chi connectivity index (χ3n) is 5.41. The first-order valence-corrected chi connectivity index (χ1v) is 8.78. The maximum atomic E-state index is 12.7. The molecule has 128 valence electrons. The van der Waals surface area contributed by atoms with Gasteiger partial charge in [0.05, 0.1) is 0 Å². The van der Waals surface area contributed by atoms with Crippen LogP contribution in [0.3, 0.4) is 0 Å². The van der Waals surface area contributed by atoms with Gasteiger partial charge in [0.15, 0.2) is 0 Å². The molecule has 4 heteroatoms. The molecule has 0 saturated carbocycles. The number of aryl methyl sites for hydroxylation is 1. The highest BCUT2D eigenvalue weighted by Gasteiger charge is 2.48. The zero-order valence-electron chi connectivity index (χ0n) is 14.4. The number of nitrogens with zero attached hydrogens (tertiary/aromatic N) is 2. The summed E-state index contributed by atoms with van der Waals surface area (Å²) < 4.78 is 0. The van der Waals surface area contributed by atoms with Crippen molar-refractivity contribution in [2.24, 2.45) is 5.41 Å². The zero-order chi connectivity index (χ0) is 17.4. The Hall–Kier alpha value is -2.62. The molecule has 4 nitrogen and oxygen atoms in total. The monoisotopic (exact) mass is 334 g/mol. The van der Waals surface area contributed by atoms with Crippen molar-refractivity contribution in [1.82, 2.24) is 4.90 Å². The predicted molar refractivity (Wildman–Crippen MR) is 97.5 cm³/mol. The molecule has 25 heavy (non-hydrogen) atoms. The number of anilines is 1. The summed E-state index contributed by atoms with van der Waals surface area (Å²) in [4.78, 5) is 29.1. The van der Waals surface area contributed by atoms with Crippen molar-refractivity contribution in [3.8, 4) is 0 Å². The quantitative estimate of drug-likeness (QED) is 0.846. The van der Waals surface area contributed by atoms with Gasteiger partial charge in [-0.1, -0.05) is 35.9 Å². The lowest BCUT2D eigenvalue weighted by Crippen LogP contribution is -2.34. The molecule has 0 radical (unpaired) electrons. The SMILES string of the molecule is Cc1ccc(N2CC3(CCN(C(=O)c4ccccc4)C3)CC2=O)cc1. The Balaban J connectivity index is 1.50. The Bertz CT molecular complexity index is 800. The van der Waals surface area contributed by atoms with Gasteiger partial charge in [-0.2, -0.15) is 0 Å². The molecular formula is C21H22N2O2. The van der Waals surface area contributed by atoms with Crippen molar-refractivity contribution in [1.29, 1.82) is 0 Å². The standard InChI is InChI=1S/C21H22N2O2/c1-16-7-9-18(10-8-16)23-15-21(13-19(23)24)11-12-22(14-21)20(25)17-5-3-2-4-6-17/h2-10H,11-15H2,1H3. The van der Waals surface area contributed by atoms with E-state index in [1.807, 2.05) is 71.3 Å². The summed E-state index contributed by atoms with van der Waals surface area (Å²) in [5.74, 6) is 0.233. The van der Waals surface area contributed by atoms with E-state index in [2.05, 4.69) is 0 Å². The predicted octanol–water partition coefficient (Wildman–Crippen LogP) is 3.26. The first kappa shape index (κ1) is 15.9. The van der Waals surface area contributed by atoms with Crippen LogP contribution in [0.5, 0.6) is 0 Å². The maximum Gasteiger partial charge on any atom is 0.253 e. The lowest BCUT2D eigenvalue weighted by molar-refractivity contribution is -0.117. The van der Waals surface area contributed by atoms with Crippen LogP contribution in [0.25, 0.3) is 0 Å². The summed E-state index contributed by atoms with van der Waals surface area (Å²) in [6.07, 6.45) is 1.42. The molecule has 0 aliphatic carbocycles. The molecule has 2 aromatic rings. The fourth-order valence-electron chi connectivity index (χ4n) is 4.00. The largest absolute Gasteiger partial charge is 0.338 e. The highest BCUT2D eigenvalue weighted by atomic mass is 16.2. The molecule has 2 amide bonds. The summed E-state index contributed by atoms with van der Waals surface area (Å²) in [5, 5.41) is 0. The molecule has 1 unspecified atom stereocenters. The van der Waals surface area contributed by atoms with Crippen LogP contribution in [0.1, 0.15) is 28.8 Å². The van der Waals surface area contributed by atoms with Crippen molar-refractivity contribution in [3.63, 3.8) is 0 Å². The average Bonchev–Trinajstić information content (AvgIpc) is 3.19. The molecule has 2 aliphatic rings. The van der Waals surface area contributed by atoms with Crippen LogP contribution in [-0.4, -0.2) is 36.3 Å². The Labute approximate surface area is 148 Å². The minimum atomic E-state index is -0.105. The third kappa shape index (κ3) is 2.93. The van der Waals surface area contributed by atoms with Crippen LogP contribution in [0.2, 0.25) is 0 Å². The van der Waals surface area contributed by atoms with Gasteiger partial charge in [-0.25, -0.2) is 0 Å². The van der Waals surface area contributed by atoms with E-state index in [1.165, 1.54) is 5.56 Å². The molecule has 2 heterocycles. The molecule has 1 spiro atoms. The number of rotatable bonds is 2. The van der Waals surface area contributed by atoms with Gasteiger partial charge in [0.2, 0.25) is 5.91 Å². The molecule has 0 bridgehead atoms. The Morgan fingerprint density at radius 1 is 1.00 bits per heavy atom. The number of likely N-dealkylation sites (tertiary alicyclic amines) is 1. The van der Waals surface area contributed by atoms with Gasteiger partial charge in [-0.3, -0.25) is 9.59 Å². The van der Waals surface area contributed by atoms with Crippen molar-refractivity contribution in [3.05, 3.63) is 65.7 Å². The van der Waals surface area contributed by atoms with Crippen molar-refractivity contribution >= 4 is 17.5 Å². The minimum Gasteiger partial charge on any atom is -0.338 e. The van der Waals surface area contributed by atoms with E-state index in [0.717, 1.165) is 24.2 Å². The molecule has 2 saturated heterocycles. The Morgan fingerprint density at radius 3 is 2.44 bits per heavy atom. The number of carbonyl (C=O) groups excluding carboxylic acids is 2.